The van der Waals surface area contributed by atoms with E-state index >= 15 is 0 Å². The number of aryl methyl sites for hydroxylation is 2. The van der Waals surface area contributed by atoms with Crippen molar-refractivity contribution in [1.82, 2.24) is 10.1 Å². The Bertz CT molecular complexity index is 696. The van der Waals surface area contributed by atoms with Gasteiger partial charge in [0.1, 0.15) is 17.5 Å². The number of halogens is 4. The number of pyridine rings is 1. The average molecular weight is 370 g/mol. The van der Waals surface area contributed by atoms with Gasteiger partial charge in [0.05, 0.1) is 26.3 Å². The van der Waals surface area contributed by atoms with Gasteiger partial charge in [-0.05, 0) is 13.8 Å². The van der Waals surface area contributed by atoms with Crippen molar-refractivity contribution >= 4 is 52.4 Å². The van der Waals surface area contributed by atoms with Crippen molar-refractivity contribution in [3.05, 3.63) is 42.9 Å². The van der Waals surface area contributed by atoms with Crippen molar-refractivity contribution in [2.45, 2.75) is 20.5 Å². The van der Waals surface area contributed by atoms with Gasteiger partial charge in [-0.2, -0.15) is 0 Å². The van der Waals surface area contributed by atoms with E-state index in [0.717, 1.165) is 0 Å². The van der Waals surface area contributed by atoms with Crippen molar-refractivity contribution in [2.24, 2.45) is 0 Å². The first kappa shape index (κ1) is 16.4. The largest absolute Gasteiger partial charge is 0.456 e. The van der Waals surface area contributed by atoms with Crippen molar-refractivity contribution in [2.75, 3.05) is 0 Å². The van der Waals surface area contributed by atoms with Crippen LogP contribution in [0.15, 0.2) is 4.52 Å². The van der Waals surface area contributed by atoms with Gasteiger partial charge in [0.15, 0.2) is 5.69 Å². The average Bonchev–Trinajstić information content (AvgIpc) is 2.77. The summed E-state index contributed by atoms with van der Waals surface area (Å²) in [6.07, 6.45) is 0. The predicted octanol–water partition coefficient (Wildman–Crippen LogP) is 4.66. The Labute approximate surface area is 140 Å². The molecule has 0 unspecified atom stereocenters. The summed E-state index contributed by atoms with van der Waals surface area (Å²) < 4.78 is 10.1. The normalized spacial score (nSPS) is 10.8. The molecule has 0 aliphatic heterocycles. The molecule has 0 amide bonds. The second-order valence-corrected chi connectivity index (χ2v) is 5.56. The Balaban J connectivity index is 2.22. The molecule has 0 aliphatic rings. The van der Waals surface area contributed by atoms with Crippen molar-refractivity contribution in [3.63, 3.8) is 0 Å². The minimum atomic E-state index is -0.777. The molecular formula is C12H8Cl4N2O3. The molecule has 0 bridgehead atoms. The third kappa shape index (κ3) is 3.26. The lowest BCUT2D eigenvalue weighted by Crippen LogP contribution is -2.09. The van der Waals surface area contributed by atoms with Crippen LogP contribution in [0.4, 0.5) is 0 Å². The number of aromatic nitrogens is 2. The topological polar surface area (TPSA) is 65.2 Å². The summed E-state index contributed by atoms with van der Waals surface area (Å²) in [4.78, 5) is 15.8. The molecule has 0 aliphatic carbocycles. The number of carbonyl (C=O) groups is 1. The third-order valence-electron chi connectivity index (χ3n) is 2.71. The zero-order valence-corrected chi connectivity index (χ0v) is 13.9. The first-order chi connectivity index (χ1) is 9.82. The molecule has 2 aromatic rings. The van der Waals surface area contributed by atoms with Crippen LogP contribution in [0.25, 0.3) is 0 Å². The van der Waals surface area contributed by atoms with Crippen molar-refractivity contribution in [1.29, 1.82) is 0 Å². The lowest BCUT2D eigenvalue weighted by molar-refractivity contribution is 0.0464. The smallest absolute Gasteiger partial charge is 0.358 e. The van der Waals surface area contributed by atoms with Gasteiger partial charge in [0, 0.05) is 0 Å². The second-order valence-electron chi connectivity index (χ2n) is 4.07. The van der Waals surface area contributed by atoms with Gasteiger partial charge >= 0.3 is 5.97 Å². The van der Waals surface area contributed by atoms with E-state index in [9.17, 15) is 4.79 Å². The fourth-order valence-electron chi connectivity index (χ4n) is 1.54. The summed E-state index contributed by atoms with van der Waals surface area (Å²) >= 11 is 23.3. The molecule has 2 rings (SSSR count). The molecule has 2 heterocycles. The van der Waals surface area contributed by atoms with E-state index in [1.807, 2.05) is 0 Å². The standard InChI is InChI=1S/C12H8Cl4N2O3/c1-4-6(5(2)21-18-4)3-20-12(19)10-8(14)7(13)9(15)11(16)17-10/h3H2,1-2H3. The number of esters is 1. The van der Waals surface area contributed by atoms with Crippen LogP contribution in [-0.2, 0) is 11.3 Å². The lowest BCUT2D eigenvalue weighted by Gasteiger charge is -2.08. The van der Waals surface area contributed by atoms with E-state index in [2.05, 4.69) is 10.1 Å². The van der Waals surface area contributed by atoms with E-state index in [4.69, 9.17) is 55.7 Å². The molecule has 0 fully saturated rings. The molecule has 5 nitrogen and oxygen atoms in total. The van der Waals surface area contributed by atoms with Crippen LogP contribution >= 0.6 is 46.4 Å². The maximum Gasteiger partial charge on any atom is 0.358 e. The highest BCUT2D eigenvalue weighted by atomic mass is 35.5. The van der Waals surface area contributed by atoms with Crippen LogP contribution in [0.5, 0.6) is 0 Å². The van der Waals surface area contributed by atoms with Gasteiger partial charge in [0.25, 0.3) is 0 Å². The van der Waals surface area contributed by atoms with E-state index in [1.165, 1.54) is 0 Å². The number of hydrogen-bond acceptors (Lipinski definition) is 5. The van der Waals surface area contributed by atoms with Crippen LogP contribution in [0.1, 0.15) is 27.5 Å². The summed E-state index contributed by atoms with van der Waals surface area (Å²) in [5.41, 5.74) is 1.10. The van der Waals surface area contributed by atoms with Gasteiger partial charge in [-0.25, -0.2) is 9.78 Å². The van der Waals surface area contributed by atoms with Gasteiger partial charge in [-0.3, -0.25) is 0 Å². The van der Waals surface area contributed by atoms with Gasteiger partial charge < -0.3 is 9.26 Å². The molecule has 0 spiro atoms. The lowest BCUT2D eigenvalue weighted by atomic mass is 10.2. The minimum absolute atomic E-state index is 0.0226. The fourth-order valence-corrected chi connectivity index (χ4v) is 2.34. The van der Waals surface area contributed by atoms with E-state index in [-0.39, 0.29) is 32.5 Å². The molecule has 9 heteroatoms. The number of hydrogen-bond donors (Lipinski definition) is 0. The van der Waals surface area contributed by atoms with Crippen LogP contribution in [0.3, 0.4) is 0 Å². The van der Waals surface area contributed by atoms with Gasteiger partial charge in [0.2, 0.25) is 0 Å². The fraction of sp³-hybridized carbons (Fsp3) is 0.250. The minimum Gasteiger partial charge on any atom is -0.456 e. The number of ether oxygens (including phenoxy) is 1. The van der Waals surface area contributed by atoms with Gasteiger partial charge in [-0.15, -0.1) is 0 Å². The number of rotatable bonds is 3. The molecule has 0 atom stereocenters. The van der Waals surface area contributed by atoms with Crippen LogP contribution in [0.2, 0.25) is 20.2 Å². The first-order valence-corrected chi connectivity index (χ1v) is 7.13. The number of nitrogens with zero attached hydrogens (tertiary/aromatic N) is 2. The highest BCUT2D eigenvalue weighted by Gasteiger charge is 2.22. The van der Waals surface area contributed by atoms with E-state index < -0.39 is 5.97 Å². The Morgan fingerprint density at radius 3 is 2.38 bits per heavy atom. The van der Waals surface area contributed by atoms with Gasteiger partial charge in [-0.1, -0.05) is 51.6 Å². The maximum atomic E-state index is 12.0. The van der Waals surface area contributed by atoms with Crippen molar-refractivity contribution in [3.8, 4) is 0 Å². The molecule has 21 heavy (non-hydrogen) atoms. The Kier molecular flexibility index (Phi) is 4.99. The molecule has 112 valence electrons. The Morgan fingerprint density at radius 2 is 1.81 bits per heavy atom. The summed E-state index contributed by atoms with van der Waals surface area (Å²) in [5.74, 6) is -0.216. The van der Waals surface area contributed by atoms with Crippen molar-refractivity contribution < 1.29 is 14.1 Å². The molecule has 0 saturated heterocycles. The van der Waals surface area contributed by atoms with Crippen LogP contribution < -0.4 is 0 Å². The molecule has 0 aromatic carbocycles. The molecular weight excluding hydrogens is 362 g/mol. The monoisotopic (exact) mass is 368 g/mol. The molecule has 0 N–H and O–H groups in total. The third-order valence-corrected chi connectivity index (χ3v) is 4.38. The molecule has 2 aromatic heterocycles. The first-order valence-electron chi connectivity index (χ1n) is 5.61. The summed E-state index contributed by atoms with van der Waals surface area (Å²) in [7, 11) is 0. The summed E-state index contributed by atoms with van der Waals surface area (Å²) in [5, 5.41) is 3.44. The zero-order valence-electron chi connectivity index (χ0n) is 10.8. The highest BCUT2D eigenvalue weighted by Crippen LogP contribution is 2.36. The van der Waals surface area contributed by atoms with E-state index in [0.29, 0.717) is 17.0 Å². The summed E-state index contributed by atoms with van der Waals surface area (Å²) in [6, 6.07) is 0. The predicted molar refractivity (Wildman–Crippen MR) is 79.4 cm³/mol. The van der Waals surface area contributed by atoms with E-state index in [1.54, 1.807) is 13.8 Å². The maximum absolute atomic E-state index is 12.0. The highest BCUT2D eigenvalue weighted by molar-refractivity contribution is 6.52. The molecule has 0 saturated carbocycles. The SMILES string of the molecule is Cc1noc(C)c1COC(=O)c1nc(Cl)c(Cl)c(Cl)c1Cl. The second kappa shape index (κ2) is 6.40. The molecule has 0 radical (unpaired) electrons. The zero-order chi connectivity index (χ0) is 15.7. The van der Waals surface area contributed by atoms with Crippen LogP contribution in [-0.4, -0.2) is 16.1 Å². The Morgan fingerprint density at radius 1 is 1.14 bits per heavy atom. The Hall–Kier alpha value is -1.01. The quantitative estimate of drug-likeness (QED) is 0.581. The number of carbonyl (C=O) groups excluding carboxylic acids is 1. The van der Waals surface area contributed by atoms with Crippen LogP contribution in [0, 0.1) is 13.8 Å². The summed E-state index contributed by atoms with van der Waals surface area (Å²) in [6.45, 7) is 3.42.